The van der Waals surface area contributed by atoms with Gasteiger partial charge in [-0.3, -0.25) is 13.8 Å². The first kappa shape index (κ1) is 38.4. The van der Waals surface area contributed by atoms with Crippen LogP contribution in [-0.4, -0.2) is 69.7 Å². The van der Waals surface area contributed by atoms with Gasteiger partial charge in [0.15, 0.2) is 0 Å². The van der Waals surface area contributed by atoms with Gasteiger partial charge in [-0.15, -0.1) is 0 Å². The van der Waals surface area contributed by atoms with Crippen LogP contribution in [0.25, 0.3) is 0 Å². The normalized spacial score (nSPS) is 16.4. The van der Waals surface area contributed by atoms with Gasteiger partial charge in [-0.1, -0.05) is 32.1 Å². The summed E-state index contributed by atoms with van der Waals surface area (Å²) in [6.45, 7) is 4.33. The number of unbranched alkanes of at least 4 members (excludes halogenated alkanes) is 6. The second-order valence-corrected chi connectivity index (χ2v) is 13.2. The lowest BCUT2D eigenvalue weighted by atomic mass is 10.0. The minimum atomic E-state index is -5.61. The van der Waals surface area contributed by atoms with E-state index in [1.807, 2.05) is 0 Å². The summed E-state index contributed by atoms with van der Waals surface area (Å²) in [5.74, 6) is -6.09. The van der Waals surface area contributed by atoms with Crippen LogP contribution < -0.4 is 9.80 Å². The molecule has 2 rings (SSSR count). The van der Waals surface area contributed by atoms with Crippen LogP contribution in [0.15, 0.2) is 18.2 Å². The molecule has 0 aliphatic carbocycles. The molecule has 1 aromatic rings. The Balaban J connectivity index is 1.81. The van der Waals surface area contributed by atoms with E-state index in [9.17, 15) is 53.7 Å². The molecule has 1 aliphatic rings. The van der Waals surface area contributed by atoms with Crippen LogP contribution in [0, 0.1) is 0 Å². The van der Waals surface area contributed by atoms with Crippen molar-refractivity contribution in [1.29, 1.82) is 0 Å². The predicted octanol–water partition coefficient (Wildman–Crippen LogP) is 7.69. The van der Waals surface area contributed by atoms with Crippen molar-refractivity contribution in [2.45, 2.75) is 102 Å². The van der Waals surface area contributed by atoms with E-state index < -0.39 is 76.6 Å². The summed E-state index contributed by atoms with van der Waals surface area (Å²) < 4.78 is 116. The second-order valence-electron chi connectivity index (χ2n) is 11.5. The summed E-state index contributed by atoms with van der Waals surface area (Å²) in [4.78, 5) is 41.0. The van der Waals surface area contributed by atoms with Crippen molar-refractivity contribution in [3.8, 4) is 0 Å². The SMILES string of the molecule is CC(=O)N(C)c1ccc(N2C(=O)N(CCCCCCCCCS(=O)CCCC(F)(F)C(F)(F)F)C(C)(C)C2=O)cc1C(F)(F)F. The lowest BCUT2D eigenvalue weighted by molar-refractivity contribution is -0.284. The zero-order valence-corrected chi connectivity index (χ0v) is 26.4. The molecule has 7 nitrogen and oxygen atoms in total. The number of carbonyl (C=O) groups is 3. The number of hydrogen-bond donors (Lipinski definition) is 0. The average molecular weight is 678 g/mol. The summed E-state index contributed by atoms with van der Waals surface area (Å²) in [5.41, 5.74) is -3.13. The minimum Gasteiger partial charge on any atom is -0.315 e. The molecule has 1 heterocycles. The molecule has 0 bridgehead atoms. The van der Waals surface area contributed by atoms with E-state index in [2.05, 4.69) is 0 Å². The largest absolute Gasteiger partial charge is 0.453 e. The predicted molar refractivity (Wildman–Crippen MR) is 155 cm³/mol. The summed E-state index contributed by atoms with van der Waals surface area (Å²) in [6, 6.07) is 2.18. The highest BCUT2D eigenvalue weighted by atomic mass is 32.2. The number of halogens is 8. The summed E-state index contributed by atoms with van der Waals surface area (Å²) >= 11 is 0. The zero-order chi connectivity index (χ0) is 34.4. The van der Waals surface area contributed by atoms with Crippen LogP contribution in [0.5, 0.6) is 0 Å². The summed E-state index contributed by atoms with van der Waals surface area (Å²) in [6.07, 6.45) is -7.53. The fourth-order valence-electron chi connectivity index (χ4n) is 4.91. The van der Waals surface area contributed by atoms with E-state index in [0.29, 0.717) is 31.7 Å². The maximum absolute atomic E-state index is 13.8. The highest BCUT2D eigenvalue weighted by Gasteiger charge is 2.56. The lowest BCUT2D eigenvalue weighted by Gasteiger charge is -2.27. The van der Waals surface area contributed by atoms with Gasteiger partial charge in [-0.2, -0.15) is 35.1 Å². The second kappa shape index (κ2) is 15.2. The number of alkyl halides is 8. The Labute approximate surface area is 259 Å². The van der Waals surface area contributed by atoms with Crippen LogP contribution in [0.4, 0.5) is 51.3 Å². The number of hydrogen-bond acceptors (Lipinski definition) is 4. The molecular weight excluding hydrogens is 638 g/mol. The van der Waals surface area contributed by atoms with E-state index in [1.165, 1.54) is 31.9 Å². The van der Waals surface area contributed by atoms with Crippen LogP contribution in [0.3, 0.4) is 0 Å². The number of rotatable bonds is 16. The van der Waals surface area contributed by atoms with E-state index in [1.54, 1.807) is 0 Å². The Bertz CT molecular complexity index is 1240. The molecule has 1 aliphatic heterocycles. The zero-order valence-electron chi connectivity index (χ0n) is 25.6. The summed E-state index contributed by atoms with van der Waals surface area (Å²) in [5, 5.41) is 0. The van der Waals surface area contributed by atoms with Gasteiger partial charge in [0.2, 0.25) is 5.91 Å². The highest BCUT2D eigenvalue weighted by molar-refractivity contribution is 7.84. The average Bonchev–Trinajstić information content (AvgIpc) is 3.08. The van der Waals surface area contributed by atoms with Gasteiger partial charge in [0, 0.05) is 49.2 Å². The molecule has 0 spiro atoms. The Kier molecular flexibility index (Phi) is 13.0. The summed E-state index contributed by atoms with van der Waals surface area (Å²) in [7, 11) is -0.287. The van der Waals surface area contributed by atoms with Crippen molar-refractivity contribution in [3.63, 3.8) is 0 Å². The Morgan fingerprint density at radius 2 is 1.40 bits per heavy atom. The third-order valence-corrected chi connectivity index (χ3v) is 9.22. The van der Waals surface area contributed by atoms with E-state index in [-0.39, 0.29) is 23.7 Å². The van der Waals surface area contributed by atoms with Gasteiger partial charge in [0.05, 0.1) is 16.9 Å². The third kappa shape index (κ3) is 9.85. The molecule has 16 heteroatoms. The standard InChI is InChI=1S/C29H39F8N3O4S/c1-20(41)38(4)23-14-13-21(19-22(23)28(32,33)34)40-24(42)26(2,3)39(25(40)43)16-10-8-6-5-7-9-11-17-45(44)18-12-15-27(30,31)29(35,36)37/h13-14,19H,5-12,15-18H2,1-4H3. The van der Waals surface area contributed by atoms with Gasteiger partial charge in [0.25, 0.3) is 5.91 Å². The van der Waals surface area contributed by atoms with Crippen molar-refractivity contribution in [1.82, 2.24) is 4.90 Å². The van der Waals surface area contributed by atoms with Crippen LogP contribution in [-0.2, 0) is 26.6 Å². The maximum atomic E-state index is 13.8. The number of benzene rings is 1. The van der Waals surface area contributed by atoms with Crippen molar-refractivity contribution in [2.24, 2.45) is 0 Å². The number of anilines is 2. The third-order valence-electron chi connectivity index (χ3n) is 7.73. The molecule has 1 saturated heterocycles. The van der Waals surface area contributed by atoms with Crippen LogP contribution >= 0.6 is 0 Å². The van der Waals surface area contributed by atoms with E-state index >= 15 is 0 Å². The van der Waals surface area contributed by atoms with Gasteiger partial charge in [0.1, 0.15) is 5.54 Å². The molecule has 1 aromatic carbocycles. The molecule has 1 unspecified atom stereocenters. The van der Waals surface area contributed by atoms with Crippen molar-refractivity contribution < 1.29 is 53.7 Å². The molecule has 0 aromatic heterocycles. The van der Waals surface area contributed by atoms with Gasteiger partial charge >= 0.3 is 24.3 Å². The Hall–Kier alpha value is -2.78. The van der Waals surface area contributed by atoms with E-state index in [4.69, 9.17) is 0 Å². The van der Waals surface area contributed by atoms with Crippen LogP contribution in [0.2, 0.25) is 0 Å². The molecule has 4 amide bonds. The molecule has 1 fully saturated rings. The fourth-order valence-corrected chi connectivity index (χ4v) is 6.10. The molecule has 0 radical (unpaired) electrons. The van der Waals surface area contributed by atoms with Crippen molar-refractivity contribution >= 4 is 40.0 Å². The molecule has 256 valence electrons. The first-order valence-corrected chi connectivity index (χ1v) is 16.0. The van der Waals surface area contributed by atoms with E-state index in [0.717, 1.165) is 42.1 Å². The Morgan fingerprint density at radius 3 is 1.93 bits per heavy atom. The number of carbonyl (C=O) groups excluding carboxylic acids is 3. The number of amides is 4. The first-order chi connectivity index (χ1) is 20.6. The number of urea groups is 1. The quantitative estimate of drug-likeness (QED) is 0.102. The highest BCUT2D eigenvalue weighted by Crippen LogP contribution is 2.41. The van der Waals surface area contributed by atoms with Crippen molar-refractivity contribution in [2.75, 3.05) is 34.9 Å². The fraction of sp³-hybridized carbons (Fsp3) is 0.690. The van der Waals surface area contributed by atoms with Gasteiger partial charge in [-0.05, 0) is 51.3 Å². The number of nitrogens with zero attached hydrogens (tertiary/aromatic N) is 3. The maximum Gasteiger partial charge on any atom is 0.453 e. The Morgan fingerprint density at radius 1 is 0.867 bits per heavy atom. The smallest absolute Gasteiger partial charge is 0.315 e. The molecule has 45 heavy (non-hydrogen) atoms. The number of imide groups is 1. The van der Waals surface area contributed by atoms with Gasteiger partial charge < -0.3 is 9.80 Å². The monoisotopic (exact) mass is 677 g/mol. The van der Waals surface area contributed by atoms with Crippen LogP contribution in [0.1, 0.15) is 84.1 Å². The molecule has 0 N–H and O–H groups in total. The van der Waals surface area contributed by atoms with Gasteiger partial charge in [-0.25, -0.2) is 9.69 Å². The lowest BCUT2D eigenvalue weighted by Crippen LogP contribution is -2.44. The molecule has 1 atom stereocenters. The molecule has 0 saturated carbocycles. The minimum absolute atomic E-state index is 0.192. The first-order valence-electron chi connectivity index (χ1n) is 14.5. The molecular formula is C29H39F8N3O4S. The van der Waals surface area contributed by atoms with Crippen molar-refractivity contribution in [3.05, 3.63) is 23.8 Å². The topological polar surface area (TPSA) is 78.0 Å².